The smallest absolute Gasteiger partial charge is 0.417 e. The molecule has 0 fully saturated rings. The number of halogens is 8. The third-order valence-electron chi connectivity index (χ3n) is 9.25. The monoisotopic (exact) mass is 1010 g/mol. The molecule has 15 nitrogen and oxygen atoms in total. The summed E-state index contributed by atoms with van der Waals surface area (Å²) in [5, 5.41) is 17.8. The summed E-state index contributed by atoms with van der Waals surface area (Å²) in [6, 6.07) is 27.8. The number of ether oxygens (including phenoxy) is 4. The van der Waals surface area contributed by atoms with Crippen molar-refractivity contribution in [3.63, 3.8) is 0 Å². The van der Waals surface area contributed by atoms with Crippen molar-refractivity contribution in [2.45, 2.75) is 12.4 Å². The Bertz CT molecular complexity index is 3190. The van der Waals surface area contributed by atoms with Crippen LogP contribution in [-0.4, -0.2) is 57.4 Å². The van der Waals surface area contributed by atoms with Crippen molar-refractivity contribution in [2.75, 3.05) is 41.6 Å². The molecule has 70 heavy (non-hydrogen) atoms. The summed E-state index contributed by atoms with van der Waals surface area (Å²) in [6.07, 6.45) is -6.33. The number of urea groups is 2. The lowest BCUT2D eigenvalue weighted by molar-refractivity contribution is -0.138. The van der Waals surface area contributed by atoms with E-state index in [0.717, 1.165) is 24.3 Å². The van der Waals surface area contributed by atoms with Crippen molar-refractivity contribution >= 4 is 80.1 Å². The minimum Gasteiger partial charge on any atom is -0.480 e. The molecule has 0 saturated heterocycles. The molecule has 0 spiro atoms. The molecule has 360 valence electrons. The van der Waals surface area contributed by atoms with Crippen LogP contribution in [-0.2, 0) is 12.4 Å². The molecule has 8 rings (SSSR count). The Balaban J connectivity index is 0.000000207. The Morgan fingerprint density at radius 2 is 0.957 bits per heavy atom. The zero-order valence-electron chi connectivity index (χ0n) is 35.8. The second-order valence-electron chi connectivity index (χ2n) is 14.3. The van der Waals surface area contributed by atoms with E-state index in [-0.39, 0.29) is 30.5 Å². The van der Waals surface area contributed by atoms with E-state index in [1.54, 1.807) is 84.9 Å². The van der Waals surface area contributed by atoms with Gasteiger partial charge in [-0.15, -0.1) is 0 Å². The number of amides is 4. The topological polar surface area (TPSA) is 191 Å². The number of methoxy groups -OCH3 is 1. The van der Waals surface area contributed by atoms with E-state index in [1.807, 2.05) is 0 Å². The number of aliphatic hydroxyl groups excluding tert-OH is 1. The quantitative estimate of drug-likeness (QED) is 0.0732. The van der Waals surface area contributed by atoms with Crippen molar-refractivity contribution in [1.82, 2.24) is 19.9 Å². The zero-order chi connectivity index (χ0) is 50.0. The fraction of sp³-hybridized carbons (Fsp3) is 0.106. The van der Waals surface area contributed by atoms with Gasteiger partial charge in [-0.1, -0.05) is 35.3 Å². The SMILES string of the molecule is COc1cnc2ccc(Oc3cccc(NC(=O)Nc4ccc(Cl)c(C(F)(F)F)c4)c3)cc2n1.O=C(Nc1cccc(Oc2ccc3ncc(OCCO)nc3c2)c1)Nc1ccc(Cl)c(C(F)(F)F)c1. The van der Waals surface area contributed by atoms with E-state index in [4.69, 9.17) is 47.3 Å². The Kier molecular flexibility index (Phi) is 15.5. The first kappa shape index (κ1) is 49.8. The minimum absolute atomic E-state index is 0.0608. The number of rotatable bonds is 12. The van der Waals surface area contributed by atoms with Gasteiger partial charge in [0.05, 0.1) is 69.3 Å². The normalized spacial score (nSPS) is 11.2. The molecular formula is C47H34Cl2F6N8O7. The van der Waals surface area contributed by atoms with Gasteiger partial charge in [0.15, 0.2) is 0 Å². The number of anilines is 4. The van der Waals surface area contributed by atoms with Crippen LogP contribution in [0.15, 0.2) is 134 Å². The maximum absolute atomic E-state index is 13.0. The number of hydrogen-bond acceptors (Lipinski definition) is 11. The lowest BCUT2D eigenvalue weighted by atomic mass is 10.2. The molecule has 0 aliphatic heterocycles. The molecule has 6 aromatic carbocycles. The second-order valence-corrected chi connectivity index (χ2v) is 15.1. The summed E-state index contributed by atoms with van der Waals surface area (Å²) in [7, 11) is 1.49. The Morgan fingerprint density at radius 1 is 0.543 bits per heavy atom. The number of carbonyl (C=O) groups is 2. The maximum atomic E-state index is 13.0. The largest absolute Gasteiger partial charge is 0.480 e. The maximum Gasteiger partial charge on any atom is 0.417 e. The van der Waals surface area contributed by atoms with Crippen molar-refractivity contribution in [1.29, 1.82) is 0 Å². The van der Waals surface area contributed by atoms with Gasteiger partial charge in [0, 0.05) is 47.0 Å². The van der Waals surface area contributed by atoms with Gasteiger partial charge in [0.1, 0.15) is 29.6 Å². The lowest BCUT2D eigenvalue weighted by Crippen LogP contribution is -2.20. The van der Waals surface area contributed by atoms with Gasteiger partial charge in [-0.3, -0.25) is 0 Å². The second kappa shape index (κ2) is 21.9. The molecular weight excluding hydrogens is 973 g/mol. The number of fused-ring (bicyclic) bond motifs is 2. The molecule has 0 unspecified atom stereocenters. The summed E-state index contributed by atoms with van der Waals surface area (Å²) < 4.78 is 100. The van der Waals surface area contributed by atoms with E-state index < -0.39 is 45.6 Å². The average molecular weight is 1010 g/mol. The molecule has 5 N–H and O–H groups in total. The number of nitrogens with one attached hydrogen (secondary N) is 4. The van der Waals surface area contributed by atoms with Crippen molar-refractivity contribution in [3.05, 3.63) is 155 Å². The summed E-state index contributed by atoms with van der Waals surface area (Å²) in [6.45, 7) is -0.0647. The van der Waals surface area contributed by atoms with E-state index >= 15 is 0 Å². The van der Waals surface area contributed by atoms with Crippen LogP contribution in [0.25, 0.3) is 22.1 Å². The van der Waals surface area contributed by atoms with Crippen LogP contribution in [0.5, 0.6) is 34.8 Å². The van der Waals surface area contributed by atoms with Crippen LogP contribution in [0.1, 0.15) is 11.1 Å². The van der Waals surface area contributed by atoms with E-state index in [9.17, 15) is 35.9 Å². The van der Waals surface area contributed by atoms with E-state index in [0.29, 0.717) is 62.3 Å². The number of benzene rings is 6. The number of nitrogens with zero attached hydrogens (tertiary/aromatic N) is 4. The molecule has 0 bridgehead atoms. The highest BCUT2D eigenvalue weighted by atomic mass is 35.5. The molecule has 23 heteroatoms. The van der Waals surface area contributed by atoms with Crippen molar-refractivity contribution < 1.29 is 60.0 Å². The highest BCUT2D eigenvalue weighted by Gasteiger charge is 2.34. The zero-order valence-corrected chi connectivity index (χ0v) is 37.3. The lowest BCUT2D eigenvalue weighted by Gasteiger charge is -2.13. The number of aliphatic hydroxyl groups is 1. The molecule has 0 radical (unpaired) electrons. The third-order valence-corrected chi connectivity index (χ3v) is 9.91. The average Bonchev–Trinajstić information content (AvgIpc) is 3.31. The van der Waals surface area contributed by atoms with Crippen LogP contribution < -0.4 is 40.2 Å². The van der Waals surface area contributed by atoms with Gasteiger partial charge < -0.3 is 45.3 Å². The van der Waals surface area contributed by atoms with Gasteiger partial charge >= 0.3 is 24.4 Å². The predicted molar refractivity (Wildman–Crippen MR) is 249 cm³/mol. The number of hydrogen-bond donors (Lipinski definition) is 5. The molecule has 0 aliphatic rings. The van der Waals surface area contributed by atoms with Crippen molar-refractivity contribution in [3.8, 4) is 34.8 Å². The first-order chi connectivity index (χ1) is 33.4. The van der Waals surface area contributed by atoms with Gasteiger partial charge in [-0.2, -0.15) is 26.3 Å². The summed E-state index contributed by atoms with van der Waals surface area (Å²) >= 11 is 11.2. The molecule has 4 amide bonds. The van der Waals surface area contributed by atoms with Gasteiger partial charge in [-0.25, -0.2) is 29.5 Å². The van der Waals surface area contributed by atoms with Crippen LogP contribution in [0.3, 0.4) is 0 Å². The van der Waals surface area contributed by atoms with Gasteiger partial charge in [-0.05, 0) is 84.9 Å². The molecule has 2 heterocycles. The Labute approximate surface area is 402 Å². The molecule has 0 aliphatic carbocycles. The highest BCUT2D eigenvalue weighted by molar-refractivity contribution is 6.32. The highest BCUT2D eigenvalue weighted by Crippen LogP contribution is 2.38. The van der Waals surface area contributed by atoms with E-state index in [2.05, 4.69) is 41.2 Å². The summed E-state index contributed by atoms with van der Waals surface area (Å²) in [5.74, 6) is 2.35. The van der Waals surface area contributed by atoms with Crippen molar-refractivity contribution in [2.24, 2.45) is 0 Å². The standard InChI is InChI=1S/C24H18ClF3N4O4.C23H16ClF3N4O3/c25-19-6-4-15(11-18(19)24(26,27)28)31-23(34)30-14-2-1-3-16(10-14)36-17-5-7-20-21(12-17)32-22(13-29-20)35-9-8-33;1-33-21-12-28-19-8-6-16(11-20(19)31-21)34-15-4-2-3-13(9-15)29-22(32)30-14-5-7-18(24)17(10-14)23(25,26)27/h1-7,10-13,33H,8-9H2,(H2,30,31,34);2-12H,1H3,(H2,29,30,32). The predicted octanol–water partition coefficient (Wildman–Crippen LogP) is 12.9. The molecule has 0 saturated carbocycles. The molecule has 8 aromatic rings. The number of carbonyl (C=O) groups excluding carboxylic acids is 2. The van der Waals surface area contributed by atoms with Crippen LogP contribution in [0, 0.1) is 0 Å². The molecule has 0 atom stereocenters. The van der Waals surface area contributed by atoms with Gasteiger partial charge in [0.25, 0.3) is 0 Å². The van der Waals surface area contributed by atoms with Gasteiger partial charge in [0.2, 0.25) is 11.8 Å². The number of alkyl halides is 6. The van der Waals surface area contributed by atoms with E-state index in [1.165, 1.54) is 31.6 Å². The molecule has 2 aromatic heterocycles. The fourth-order valence-corrected chi connectivity index (χ4v) is 6.62. The van der Waals surface area contributed by atoms with Crippen LogP contribution >= 0.6 is 23.2 Å². The Morgan fingerprint density at radius 3 is 1.39 bits per heavy atom. The summed E-state index contributed by atoms with van der Waals surface area (Å²) in [5.41, 5.74) is 0.843. The summed E-state index contributed by atoms with van der Waals surface area (Å²) in [4.78, 5) is 41.7. The minimum atomic E-state index is -4.65. The van der Waals surface area contributed by atoms with Crippen LogP contribution in [0.4, 0.5) is 58.7 Å². The first-order valence-electron chi connectivity index (χ1n) is 20.2. The number of aromatic nitrogens is 4. The third kappa shape index (κ3) is 13.5. The Hall–Kier alpha value is -8.14. The van der Waals surface area contributed by atoms with Crippen LogP contribution in [0.2, 0.25) is 10.0 Å². The first-order valence-corrected chi connectivity index (χ1v) is 20.9. The fourth-order valence-electron chi connectivity index (χ4n) is 6.17.